The number of benzene rings is 2. The zero-order chi connectivity index (χ0) is 29.7. The largest absolute Gasteiger partial charge is 0.444 e. The Morgan fingerprint density at radius 1 is 0.897 bits per heavy atom. The Balaban J connectivity index is 2.66. The molecule has 39 heavy (non-hydrogen) atoms. The van der Waals surface area contributed by atoms with Crippen LogP contribution in [-0.4, -0.2) is 40.5 Å². The number of anilines is 1. The van der Waals surface area contributed by atoms with Crippen molar-refractivity contribution in [3.8, 4) is 0 Å². The molecule has 0 radical (unpaired) electrons. The average Bonchev–Trinajstić information content (AvgIpc) is 2.83. The van der Waals surface area contributed by atoms with Gasteiger partial charge in [-0.2, -0.15) is 0 Å². The summed E-state index contributed by atoms with van der Waals surface area (Å²) in [5.74, 6) is -0.861. The summed E-state index contributed by atoms with van der Waals surface area (Å²) in [6, 6.07) is 9.60. The first-order valence-corrected chi connectivity index (χ1v) is 13.8. The number of carbonyl (C=O) groups excluding carboxylic acids is 3. The summed E-state index contributed by atoms with van der Waals surface area (Å²) in [7, 11) is 0. The number of nitrogens with zero attached hydrogens (tertiary/aromatic N) is 1. The van der Waals surface area contributed by atoms with Crippen LogP contribution in [0, 0.1) is 33.6 Å². The summed E-state index contributed by atoms with van der Waals surface area (Å²) in [5.41, 5.74) is 4.64. The maximum absolute atomic E-state index is 14.4. The molecule has 0 aromatic heterocycles. The van der Waals surface area contributed by atoms with Crippen molar-refractivity contribution in [3.63, 3.8) is 0 Å². The van der Waals surface area contributed by atoms with Crippen LogP contribution < -0.4 is 10.6 Å². The van der Waals surface area contributed by atoms with Crippen molar-refractivity contribution in [3.05, 3.63) is 64.2 Å². The van der Waals surface area contributed by atoms with Crippen molar-refractivity contribution < 1.29 is 19.1 Å². The summed E-state index contributed by atoms with van der Waals surface area (Å²) >= 11 is 0. The molecule has 214 valence electrons. The fraction of sp³-hybridized carbons (Fsp3) is 0.531. The first kappa shape index (κ1) is 31.9. The highest BCUT2D eigenvalue weighted by molar-refractivity contribution is 6.00. The highest BCUT2D eigenvalue weighted by Crippen LogP contribution is 2.32. The number of rotatable bonds is 9. The van der Waals surface area contributed by atoms with Crippen molar-refractivity contribution in [1.82, 2.24) is 10.2 Å². The van der Waals surface area contributed by atoms with Gasteiger partial charge < -0.3 is 20.3 Å². The highest BCUT2D eigenvalue weighted by atomic mass is 16.6. The Hall–Kier alpha value is -3.35. The molecule has 2 rings (SSSR count). The Morgan fingerprint density at radius 3 is 1.95 bits per heavy atom. The number of aryl methyl sites for hydroxylation is 3. The zero-order valence-electron chi connectivity index (χ0n) is 25.6. The van der Waals surface area contributed by atoms with Gasteiger partial charge in [0.25, 0.3) is 5.91 Å². The minimum absolute atomic E-state index is 0.238. The van der Waals surface area contributed by atoms with E-state index in [1.807, 2.05) is 91.8 Å². The van der Waals surface area contributed by atoms with E-state index < -0.39 is 23.8 Å². The average molecular weight is 538 g/mol. The molecule has 0 aliphatic heterocycles. The standard InChI is InChI=1S/C32H47N3O4/c1-12-23(7)35(30(37)26(19(2)3)34-31(38)39-32(9,10)11)28(25-18-14-15-20(4)24(25)8)29(36)33-27-21(5)16-13-17-22(27)6/h13-19,23,26,28H,12H2,1-11H3,(H,33,36)(H,34,38). The van der Waals surface area contributed by atoms with Gasteiger partial charge in [-0.25, -0.2) is 4.79 Å². The molecule has 7 heteroatoms. The lowest BCUT2D eigenvalue weighted by Gasteiger charge is -2.39. The Kier molecular flexibility index (Phi) is 10.7. The molecule has 0 bridgehead atoms. The fourth-order valence-electron chi connectivity index (χ4n) is 4.59. The second kappa shape index (κ2) is 13.1. The zero-order valence-corrected chi connectivity index (χ0v) is 25.6. The fourth-order valence-corrected chi connectivity index (χ4v) is 4.59. The van der Waals surface area contributed by atoms with Crippen LogP contribution in [0.2, 0.25) is 0 Å². The predicted molar refractivity (Wildman–Crippen MR) is 158 cm³/mol. The van der Waals surface area contributed by atoms with Gasteiger partial charge in [0.1, 0.15) is 17.7 Å². The third kappa shape index (κ3) is 8.07. The molecule has 7 nitrogen and oxygen atoms in total. The normalized spacial score (nSPS) is 13.8. The number of alkyl carbamates (subject to hydrolysis) is 1. The van der Waals surface area contributed by atoms with E-state index in [1.54, 1.807) is 25.7 Å². The van der Waals surface area contributed by atoms with Gasteiger partial charge in [-0.3, -0.25) is 9.59 Å². The molecular formula is C32H47N3O4. The molecule has 2 aromatic rings. The summed E-state index contributed by atoms with van der Waals surface area (Å²) < 4.78 is 5.47. The molecule has 0 saturated carbocycles. The number of ether oxygens (including phenoxy) is 1. The maximum Gasteiger partial charge on any atom is 0.408 e. The van der Waals surface area contributed by atoms with Gasteiger partial charge in [-0.1, -0.05) is 57.2 Å². The molecule has 3 atom stereocenters. The van der Waals surface area contributed by atoms with E-state index in [0.717, 1.165) is 33.5 Å². The number of hydrogen-bond acceptors (Lipinski definition) is 4. The lowest BCUT2D eigenvalue weighted by molar-refractivity contribution is -0.144. The topological polar surface area (TPSA) is 87.7 Å². The van der Waals surface area contributed by atoms with Crippen LogP contribution in [0.4, 0.5) is 10.5 Å². The van der Waals surface area contributed by atoms with E-state index in [0.29, 0.717) is 6.42 Å². The van der Waals surface area contributed by atoms with E-state index in [4.69, 9.17) is 4.74 Å². The van der Waals surface area contributed by atoms with Crippen LogP contribution in [0.25, 0.3) is 0 Å². The van der Waals surface area contributed by atoms with Crippen molar-refractivity contribution in [2.24, 2.45) is 5.92 Å². The maximum atomic E-state index is 14.4. The molecule has 0 heterocycles. The molecule has 3 unspecified atom stereocenters. The predicted octanol–water partition coefficient (Wildman–Crippen LogP) is 6.78. The van der Waals surface area contributed by atoms with E-state index in [1.165, 1.54) is 0 Å². The van der Waals surface area contributed by atoms with Crippen molar-refractivity contribution in [2.75, 3.05) is 5.32 Å². The van der Waals surface area contributed by atoms with Crippen LogP contribution >= 0.6 is 0 Å². The van der Waals surface area contributed by atoms with Gasteiger partial charge in [-0.15, -0.1) is 0 Å². The minimum Gasteiger partial charge on any atom is -0.444 e. The number of carbonyl (C=O) groups is 3. The smallest absolute Gasteiger partial charge is 0.408 e. The molecule has 2 aromatic carbocycles. The van der Waals surface area contributed by atoms with Crippen molar-refractivity contribution >= 4 is 23.6 Å². The summed E-state index contributed by atoms with van der Waals surface area (Å²) in [6.07, 6.45) is -0.0389. The Bertz CT molecular complexity index is 1160. The van der Waals surface area contributed by atoms with Gasteiger partial charge in [0, 0.05) is 11.7 Å². The summed E-state index contributed by atoms with van der Waals surface area (Å²) in [4.78, 5) is 43.0. The third-order valence-electron chi connectivity index (χ3n) is 7.12. The molecule has 0 spiro atoms. The Labute approximate surface area is 234 Å². The minimum atomic E-state index is -0.909. The van der Waals surface area contributed by atoms with Gasteiger partial charge in [-0.05, 0) is 95.5 Å². The molecule has 0 fully saturated rings. The molecule has 0 aliphatic rings. The van der Waals surface area contributed by atoms with Crippen LogP contribution in [0.5, 0.6) is 0 Å². The number of amides is 3. The molecule has 0 saturated heterocycles. The van der Waals surface area contributed by atoms with E-state index in [2.05, 4.69) is 10.6 Å². The van der Waals surface area contributed by atoms with Crippen molar-refractivity contribution in [1.29, 1.82) is 0 Å². The van der Waals surface area contributed by atoms with E-state index in [9.17, 15) is 14.4 Å². The monoisotopic (exact) mass is 537 g/mol. The Morgan fingerprint density at radius 2 is 1.44 bits per heavy atom. The summed E-state index contributed by atoms with van der Waals surface area (Å²) in [5, 5.41) is 5.92. The summed E-state index contributed by atoms with van der Waals surface area (Å²) in [6.45, 7) is 20.9. The third-order valence-corrected chi connectivity index (χ3v) is 7.12. The number of para-hydroxylation sites is 1. The lowest BCUT2D eigenvalue weighted by Crippen LogP contribution is -2.56. The van der Waals surface area contributed by atoms with E-state index in [-0.39, 0.29) is 23.8 Å². The van der Waals surface area contributed by atoms with Gasteiger partial charge >= 0.3 is 6.09 Å². The van der Waals surface area contributed by atoms with Crippen LogP contribution in [0.15, 0.2) is 36.4 Å². The van der Waals surface area contributed by atoms with Crippen LogP contribution in [0.1, 0.15) is 88.7 Å². The molecule has 2 N–H and O–H groups in total. The lowest BCUT2D eigenvalue weighted by atomic mass is 9.92. The highest BCUT2D eigenvalue weighted by Gasteiger charge is 2.40. The SMILES string of the molecule is CCC(C)N(C(=O)C(NC(=O)OC(C)(C)C)C(C)C)C(C(=O)Nc1c(C)cccc1C)c1cccc(C)c1C. The van der Waals surface area contributed by atoms with Gasteiger partial charge in [0.05, 0.1) is 0 Å². The molecular weight excluding hydrogens is 490 g/mol. The first-order chi connectivity index (χ1) is 18.1. The first-order valence-electron chi connectivity index (χ1n) is 13.8. The molecule has 3 amide bonds. The van der Waals surface area contributed by atoms with Gasteiger partial charge in [0.2, 0.25) is 5.91 Å². The van der Waals surface area contributed by atoms with Crippen LogP contribution in [-0.2, 0) is 14.3 Å². The number of nitrogens with one attached hydrogen (secondary N) is 2. The quantitative estimate of drug-likeness (QED) is 0.369. The van der Waals surface area contributed by atoms with Crippen molar-refractivity contribution in [2.45, 2.75) is 106 Å². The molecule has 0 aliphatic carbocycles. The second-order valence-corrected chi connectivity index (χ2v) is 11.8. The second-order valence-electron chi connectivity index (χ2n) is 11.8. The van der Waals surface area contributed by atoms with Crippen LogP contribution in [0.3, 0.4) is 0 Å². The number of hydrogen-bond donors (Lipinski definition) is 2. The van der Waals surface area contributed by atoms with E-state index >= 15 is 0 Å². The van der Waals surface area contributed by atoms with Gasteiger partial charge in [0.15, 0.2) is 0 Å².